The molecule has 8 nitrogen and oxygen atoms in total. The summed E-state index contributed by atoms with van der Waals surface area (Å²) in [7, 11) is 1.64. The number of hydrogen-bond donors (Lipinski definition) is 1. The summed E-state index contributed by atoms with van der Waals surface area (Å²) in [5.41, 5.74) is 0.620. The largest absolute Gasteiger partial charge is 0.482 e. The van der Waals surface area contributed by atoms with Gasteiger partial charge in [-0.25, -0.2) is 4.98 Å². The van der Waals surface area contributed by atoms with Crippen molar-refractivity contribution in [2.45, 2.75) is 18.6 Å². The molecular weight excluding hydrogens is 336 g/mol. The van der Waals surface area contributed by atoms with Gasteiger partial charge in [0.2, 0.25) is 5.91 Å². The third-order valence-electron chi connectivity index (χ3n) is 4.85. The van der Waals surface area contributed by atoms with Crippen LogP contribution in [-0.2, 0) is 14.3 Å². The number of fused-ring (bicyclic) bond motifs is 1. The lowest BCUT2D eigenvalue weighted by atomic mass is 10.2. The smallest absolute Gasteiger partial charge is 0.265 e. The Bertz CT molecular complexity index is 807. The van der Waals surface area contributed by atoms with Gasteiger partial charge < -0.3 is 19.4 Å². The summed E-state index contributed by atoms with van der Waals surface area (Å²) in [6.45, 7) is 0.375. The third-order valence-corrected chi connectivity index (χ3v) is 4.85. The normalized spacial score (nSPS) is 22.3. The van der Waals surface area contributed by atoms with Crippen LogP contribution in [0.2, 0.25) is 0 Å². The van der Waals surface area contributed by atoms with Crippen molar-refractivity contribution >= 4 is 17.5 Å². The van der Waals surface area contributed by atoms with Crippen LogP contribution < -0.4 is 9.64 Å². The summed E-state index contributed by atoms with van der Waals surface area (Å²) in [4.78, 5) is 35.9. The van der Waals surface area contributed by atoms with Gasteiger partial charge in [0, 0.05) is 32.5 Å². The number of aromatic nitrogens is 2. The molecule has 2 aromatic rings. The van der Waals surface area contributed by atoms with Gasteiger partial charge in [-0.2, -0.15) is 0 Å². The van der Waals surface area contributed by atoms with E-state index in [0.29, 0.717) is 24.4 Å². The van der Waals surface area contributed by atoms with E-state index in [1.54, 1.807) is 36.5 Å². The minimum atomic E-state index is -0.228. The third kappa shape index (κ3) is 2.92. The molecule has 136 valence electrons. The molecule has 2 atom stereocenters. The lowest BCUT2D eigenvalue weighted by molar-refractivity contribution is -0.133. The van der Waals surface area contributed by atoms with Gasteiger partial charge >= 0.3 is 0 Å². The average Bonchev–Trinajstić information content (AvgIpc) is 3.33. The summed E-state index contributed by atoms with van der Waals surface area (Å²) >= 11 is 0. The standard InChI is InChI=1S/C18H20N4O4/c1-25-12-8-14(18-19-6-7-20-18)21(9-12)16(23)10-22-13-4-2-3-5-15(13)26-11-17(22)24/h2-7,12,14H,8-11H2,1H3,(H,19,20)/t12-,14?/m1/s1. The highest BCUT2D eigenvalue weighted by atomic mass is 16.5. The molecule has 4 rings (SSSR count). The summed E-state index contributed by atoms with van der Waals surface area (Å²) < 4.78 is 10.9. The second-order valence-corrected chi connectivity index (χ2v) is 6.37. The van der Waals surface area contributed by atoms with Crippen molar-refractivity contribution in [1.82, 2.24) is 14.9 Å². The van der Waals surface area contributed by atoms with E-state index in [9.17, 15) is 9.59 Å². The van der Waals surface area contributed by atoms with Crippen LogP contribution in [0.5, 0.6) is 5.75 Å². The first kappa shape index (κ1) is 16.6. The van der Waals surface area contributed by atoms with Crippen LogP contribution in [0.25, 0.3) is 0 Å². The van der Waals surface area contributed by atoms with E-state index in [4.69, 9.17) is 9.47 Å². The molecule has 0 bridgehead atoms. The van der Waals surface area contributed by atoms with E-state index in [0.717, 1.165) is 5.82 Å². The van der Waals surface area contributed by atoms with Crippen molar-refractivity contribution in [3.63, 3.8) is 0 Å². The molecule has 8 heteroatoms. The number of H-pyrrole nitrogens is 1. The molecule has 1 aromatic carbocycles. The van der Waals surface area contributed by atoms with E-state index < -0.39 is 0 Å². The van der Waals surface area contributed by atoms with E-state index in [1.165, 1.54) is 4.90 Å². The van der Waals surface area contributed by atoms with Gasteiger partial charge in [-0.1, -0.05) is 12.1 Å². The first-order valence-electron chi connectivity index (χ1n) is 8.51. The zero-order chi connectivity index (χ0) is 18.1. The number of carbonyl (C=O) groups excluding carboxylic acids is 2. The highest BCUT2D eigenvalue weighted by Gasteiger charge is 2.39. The molecule has 1 unspecified atom stereocenters. The Balaban J connectivity index is 1.56. The van der Waals surface area contributed by atoms with E-state index >= 15 is 0 Å². The number of nitrogens with one attached hydrogen (secondary N) is 1. The maximum absolute atomic E-state index is 13.0. The van der Waals surface area contributed by atoms with Crippen molar-refractivity contribution in [3.05, 3.63) is 42.5 Å². The Labute approximate surface area is 150 Å². The summed E-state index contributed by atoms with van der Waals surface area (Å²) in [5, 5.41) is 0. The fraction of sp³-hybridized carbons (Fsp3) is 0.389. The highest BCUT2D eigenvalue weighted by molar-refractivity contribution is 6.02. The van der Waals surface area contributed by atoms with Gasteiger partial charge in [0.1, 0.15) is 18.1 Å². The molecule has 1 saturated heterocycles. The molecule has 0 spiro atoms. The molecule has 1 aromatic heterocycles. The number of anilines is 1. The van der Waals surface area contributed by atoms with Gasteiger partial charge in [0.05, 0.1) is 17.8 Å². The molecule has 2 amide bonds. The van der Waals surface area contributed by atoms with Crippen LogP contribution in [0.4, 0.5) is 5.69 Å². The number of imidazole rings is 1. The molecule has 2 aliphatic heterocycles. The number of hydrogen-bond acceptors (Lipinski definition) is 5. The van der Waals surface area contributed by atoms with Crippen molar-refractivity contribution in [2.24, 2.45) is 0 Å². The van der Waals surface area contributed by atoms with Crippen molar-refractivity contribution < 1.29 is 19.1 Å². The van der Waals surface area contributed by atoms with Gasteiger partial charge in [0.25, 0.3) is 5.91 Å². The topological polar surface area (TPSA) is 87.8 Å². The molecule has 3 heterocycles. The lowest BCUT2D eigenvalue weighted by Gasteiger charge is -2.31. The molecule has 0 saturated carbocycles. The van der Waals surface area contributed by atoms with Gasteiger partial charge in [-0.3, -0.25) is 14.5 Å². The first-order chi connectivity index (χ1) is 12.7. The number of aromatic amines is 1. The van der Waals surface area contributed by atoms with Crippen LogP contribution in [-0.4, -0.2) is 59.6 Å². The number of likely N-dealkylation sites (tertiary alicyclic amines) is 1. The van der Waals surface area contributed by atoms with Crippen molar-refractivity contribution in [2.75, 3.05) is 31.7 Å². The SMILES string of the molecule is CO[C@@H]1CC(c2ncc[nH]2)N(C(=O)CN2C(=O)COc3ccccc32)C1. The number of amides is 2. The Morgan fingerprint density at radius 2 is 2.27 bits per heavy atom. The van der Waals surface area contributed by atoms with Crippen LogP contribution in [0.1, 0.15) is 18.3 Å². The second kappa shape index (κ2) is 6.80. The van der Waals surface area contributed by atoms with Crippen molar-refractivity contribution in [1.29, 1.82) is 0 Å². The number of methoxy groups -OCH3 is 1. The van der Waals surface area contributed by atoms with E-state index in [-0.39, 0.29) is 37.1 Å². The fourth-order valence-electron chi connectivity index (χ4n) is 3.52. The molecule has 0 radical (unpaired) electrons. The molecular formula is C18H20N4O4. The number of carbonyl (C=O) groups is 2. The first-order valence-corrected chi connectivity index (χ1v) is 8.51. The average molecular weight is 356 g/mol. The second-order valence-electron chi connectivity index (χ2n) is 6.37. The van der Waals surface area contributed by atoms with Gasteiger partial charge in [0.15, 0.2) is 6.61 Å². The van der Waals surface area contributed by atoms with Gasteiger partial charge in [-0.15, -0.1) is 0 Å². The zero-order valence-corrected chi connectivity index (χ0v) is 14.4. The highest BCUT2D eigenvalue weighted by Crippen LogP contribution is 2.34. The molecule has 1 fully saturated rings. The Morgan fingerprint density at radius 1 is 1.42 bits per heavy atom. The minimum Gasteiger partial charge on any atom is -0.482 e. The van der Waals surface area contributed by atoms with Crippen LogP contribution in [0.3, 0.4) is 0 Å². The predicted molar refractivity (Wildman–Crippen MR) is 92.7 cm³/mol. The Kier molecular flexibility index (Phi) is 4.34. The summed E-state index contributed by atoms with van der Waals surface area (Å²) in [6.07, 6.45) is 4.02. The zero-order valence-electron chi connectivity index (χ0n) is 14.4. The van der Waals surface area contributed by atoms with E-state index in [2.05, 4.69) is 9.97 Å². The Hall–Kier alpha value is -2.87. The van der Waals surface area contributed by atoms with Crippen LogP contribution in [0.15, 0.2) is 36.7 Å². The minimum absolute atomic E-state index is 0.0349. The number of rotatable bonds is 4. The quantitative estimate of drug-likeness (QED) is 0.887. The maximum atomic E-state index is 13.0. The number of nitrogens with zero attached hydrogens (tertiary/aromatic N) is 3. The molecule has 1 N–H and O–H groups in total. The predicted octanol–water partition coefficient (Wildman–Crippen LogP) is 1.12. The molecule has 0 aliphatic carbocycles. The summed E-state index contributed by atoms with van der Waals surface area (Å²) in [6, 6.07) is 7.05. The van der Waals surface area contributed by atoms with Crippen LogP contribution in [0, 0.1) is 0 Å². The maximum Gasteiger partial charge on any atom is 0.265 e. The molecule has 2 aliphatic rings. The number of ether oxygens (including phenoxy) is 2. The monoisotopic (exact) mass is 356 g/mol. The van der Waals surface area contributed by atoms with Gasteiger partial charge in [-0.05, 0) is 12.1 Å². The molecule has 26 heavy (non-hydrogen) atoms. The fourth-order valence-corrected chi connectivity index (χ4v) is 3.52. The van der Waals surface area contributed by atoms with Crippen molar-refractivity contribution in [3.8, 4) is 5.75 Å². The Morgan fingerprint density at radius 3 is 3.04 bits per heavy atom. The van der Waals surface area contributed by atoms with Crippen LogP contribution >= 0.6 is 0 Å². The lowest BCUT2D eigenvalue weighted by Crippen LogP contribution is -2.46. The number of benzene rings is 1. The van der Waals surface area contributed by atoms with E-state index in [1.807, 2.05) is 12.1 Å². The number of para-hydroxylation sites is 2. The summed E-state index contributed by atoms with van der Waals surface area (Å²) in [5.74, 6) is 0.968.